The molecule has 0 fully saturated rings. The molecule has 0 saturated carbocycles. The number of nitrogens with one attached hydrogen (secondary N) is 2. The summed E-state index contributed by atoms with van der Waals surface area (Å²) in [6, 6.07) is 11.6. The molecule has 0 saturated heterocycles. The fraction of sp³-hybridized carbons (Fsp3) is 0.158. The molecule has 9 nitrogen and oxygen atoms in total. The molecule has 0 spiro atoms. The Kier molecular flexibility index (Phi) is 7.09. The number of amides is 2. The fourth-order valence-corrected chi connectivity index (χ4v) is 2.15. The van der Waals surface area contributed by atoms with Gasteiger partial charge in [0.1, 0.15) is 6.61 Å². The predicted octanol–water partition coefficient (Wildman–Crippen LogP) is 0.221. The highest BCUT2D eigenvalue weighted by atomic mass is 16.5. The number of anilines is 1. The second kappa shape index (κ2) is 9.72. The van der Waals surface area contributed by atoms with Gasteiger partial charge in [-0.3, -0.25) is 9.59 Å². The van der Waals surface area contributed by atoms with Crippen molar-refractivity contribution >= 4 is 29.7 Å². The van der Waals surface area contributed by atoms with Crippen molar-refractivity contribution in [3.05, 3.63) is 53.6 Å². The number of carboxylic acid groups (broad SMARTS) is 1. The van der Waals surface area contributed by atoms with E-state index >= 15 is 0 Å². The number of carbonyl (C=O) groups is 3. The number of carboxylic acids is 1. The van der Waals surface area contributed by atoms with Gasteiger partial charge in [0.05, 0.1) is 19.3 Å². The number of hydrogen-bond donors (Lipinski definition) is 2. The Labute approximate surface area is 161 Å². The SMILES string of the molecule is COc1cc(/C=N\NC(=O)C(=O)Nc2cccc(C)c2)ccc1OCC(=O)[O-]. The molecular weight excluding hydrogens is 366 g/mol. The molecule has 0 bridgehead atoms. The minimum Gasteiger partial charge on any atom is -0.546 e. The van der Waals surface area contributed by atoms with Crippen molar-refractivity contribution in [3.8, 4) is 11.5 Å². The van der Waals surface area contributed by atoms with E-state index in [4.69, 9.17) is 9.47 Å². The summed E-state index contributed by atoms with van der Waals surface area (Å²) in [5.41, 5.74) is 4.09. The van der Waals surface area contributed by atoms with Crippen molar-refractivity contribution in [2.45, 2.75) is 6.92 Å². The number of nitrogens with zero attached hydrogens (tertiary/aromatic N) is 1. The van der Waals surface area contributed by atoms with Crippen LogP contribution in [0.4, 0.5) is 5.69 Å². The molecule has 2 N–H and O–H groups in total. The lowest BCUT2D eigenvalue weighted by Crippen LogP contribution is -2.32. The molecule has 146 valence electrons. The van der Waals surface area contributed by atoms with Gasteiger partial charge in [0.15, 0.2) is 11.5 Å². The molecule has 0 aliphatic rings. The number of rotatable bonds is 7. The number of ether oxygens (including phenoxy) is 2. The third-order valence-electron chi connectivity index (χ3n) is 3.40. The highest BCUT2D eigenvalue weighted by molar-refractivity contribution is 6.39. The number of aliphatic carboxylic acids is 1. The first-order valence-electron chi connectivity index (χ1n) is 8.11. The quantitative estimate of drug-likeness (QED) is 0.399. The second-order valence-corrected chi connectivity index (χ2v) is 5.59. The van der Waals surface area contributed by atoms with E-state index in [0.29, 0.717) is 11.3 Å². The van der Waals surface area contributed by atoms with E-state index in [1.807, 2.05) is 13.0 Å². The van der Waals surface area contributed by atoms with Gasteiger partial charge in [-0.15, -0.1) is 0 Å². The Bertz CT molecular complexity index is 910. The number of hydrogen-bond acceptors (Lipinski definition) is 7. The molecule has 0 aromatic heterocycles. The van der Waals surface area contributed by atoms with Gasteiger partial charge in [-0.1, -0.05) is 12.1 Å². The van der Waals surface area contributed by atoms with Gasteiger partial charge < -0.3 is 24.7 Å². The fourth-order valence-electron chi connectivity index (χ4n) is 2.15. The molecule has 28 heavy (non-hydrogen) atoms. The summed E-state index contributed by atoms with van der Waals surface area (Å²) < 4.78 is 10.1. The lowest BCUT2D eigenvalue weighted by molar-refractivity contribution is -0.307. The van der Waals surface area contributed by atoms with Gasteiger partial charge in [0.25, 0.3) is 0 Å². The minimum absolute atomic E-state index is 0.213. The Hall–Kier alpha value is -3.88. The minimum atomic E-state index is -1.36. The first-order chi connectivity index (χ1) is 13.4. The normalized spacial score (nSPS) is 10.4. The van der Waals surface area contributed by atoms with E-state index < -0.39 is 24.4 Å². The molecule has 0 aliphatic heterocycles. The molecule has 0 unspecified atom stereocenters. The molecule has 0 aliphatic carbocycles. The third kappa shape index (κ3) is 6.13. The lowest BCUT2D eigenvalue weighted by atomic mass is 10.2. The summed E-state index contributed by atoms with van der Waals surface area (Å²) in [5, 5.41) is 16.6. The maximum Gasteiger partial charge on any atom is 0.329 e. The molecule has 2 rings (SSSR count). The molecule has 0 atom stereocenters. The smallest absolute Gasteiger partial charge is 0.329 e. The van der Waals surface area contributed by atoms with Crippen LogP contribution in [0.1, 0.15) is 11.1 Å². The molecule has 9 heteroatoms. The largest absolute Gasteiger partial charge is 0.546 e. The monoisotopic (exact) mass is 384 g/mol. The molecule has 2 aromatic rings. The number of hydrazone groups is 1. The first kappa shape index (κ1) is 20.4. The van der Waals surface area contributed by atoms with Crippen molar-refractivity contribution < 1.29 is 29.0 Å². The van der Waals surface area contributed by atoms with Crippen LogP contribution >= 0.6 is 0 Å². The van der Waals surface area contributed by atoms with Gasteiger partial charge in [-0.2, -0.15) is 5.10 Å². The van der Waals surface area contributed by atoms with Crippen molar-refractivity contribution in [2.75, 3.05) is 19.0 Å². The van der Waals surface area contributed by atoms with E-state index in [1.54, 1.807) is 24.3 Å². The van der Waals surface area contributed by atoms with E-state index in [-0.39, 0.29) is 11.5 Å². The highest BCUT2D eigenvalue weighted by Crippen LogP contribution is 2.27. The van der Waals surface area contributed by atoms with Gasteiger partial charge in [-0.25, -0.2) is 5.43 Å². The maximum absolute atomic E-state index is 11.9. The average molecular weight is 384 g/mol. The van der Waals surface area contributed by atoms with Crippen LogP contribution in [0.15, 0.2) is 47.6 Å². The van der Waals surface area contributed by atoms with Crippen LogP contribution in [0.5, 0.6) is 11.5 Å². The Morgan fingerprint density at radius 1 is 1.11 bits per heavy atom. The summed E-state index contributed by atoms with van der Waals surface area (Å²) in [4.78, 5) is 34.1. The summed E-state index contributed by atoms with van der Waals surface area (Å²) >= 11 is 0. The first-order valence-corrected chi connectivity index (χ1v) is 8.11. The van der Waals surface area contributed by atoms with E-state index in [2.05, 4.69) is 15.8 Å². The van der Waals surface area contributed by atoms with E-state index in [0.717, 1.165) is 5.56 Å². The Morgan fingerprint density at radius 3 is 2.57 bits per heavy atom. The van der Waals surface area contributed by atoms with E-state index in [1.165, 1.54) is 25.5 Å². The van der Waals surface area contributed by atoms with Crippen LogP contribution in [0.3, 0.4) is 0 Å². The Balaban J connectivity index is 1.94. The van der Waals surface area contributed by atoms with E-state index in [9.17, 15) is 19.5 Å². The summed E-state index contributed by atoms with van der Waals surface area (Å²) in [6.07, 6.45) is 1.29. The zero-order chi connectivity index (χ0) is 20.5. The van der Waals surface area contributed by atoms with Crippen molar-refractivity contribution in [2.24, 2.45) is 5.10 Å². The van der Waals surface area contributed by atoms with Crippen LogP contribution in [-0.4, -0.2) is 37.7 Å². The molecule has 0 radical (unpaired) electrons. The van der Waals surface area contributed by atoms with Gasteiger partial charge in [-0.05, 0) is 48.4 Å². The predicted molar refractivity (Wildman–Crippen MR) is 99.0 cm³/mol. The topological polar surface area (TPSA) is 129 Å². The van der Waals surface area contributed by atoms with Crippen LogP contribution < -0.4 is 25.3 Å². The Morgan fingerprint density at radius 2 is 1.89 bits per heavy atom. The van der Waals surface area contributed by atoms with Crippen LogP contribution in [0.25, 0.3) is 0 Å². The van der Waals surface area contributed by atoms with Crippen molar-refractivity contribution in [1.29, 1.82) is 0 Å². The number of aryl methyl sites for hydroxylation is 1. The van der Waals surface area contributed by atoms with Gasteiger partial charge in [0, 0.05) is 5.69 Å². The highest BCUT2D eigenvalue weighted by Gasteiger charge is 2.13. The number of carbonyl (C=O) groups excluding carboxylic acids is 3. The molecule has 2 amide bonds. The average Bonchev–Trinajstić information content (AvgIpc) is 2.66. The van der Waals surface area contributed by atoms with Crippen LogP contribution in [0, 0.1) is 6.92 Å². The summed E-state index contributed by atoms with van der Waals surface area (Å²) in [7, 11) is 1.39. The number of methoxy groups -OCH3 is 1. The van der Waals surface area contributed by atoms with Gasteiger partial charge >= 0.3 is 11.8 Å². The molecule has 2 aromatic carbocycles. The summed E-state index contributed by atoms with van der Waals surface area (Å²) in [5.74, 6) is -2.66. The molecule has 0 heterocycles. The maximum atomic E-state index is 11.9. The zero-order valence-corrected chi connectivity index (χ0v) is 15.2. The summed E-state index contributed by atoms with van der Waals surface area (Å²) in [6.45, 7) is 1.25. The van der Waals surface area contributed by atoms with Crippen LogP contribution in [0.2, 0.25) is 0 Å². The third-order valence-corrected chi connectivity index (χ3v) is 3.40. The molecular formula is C19H18N3O6-. The van der Waals surface area contributed by atoms with Crippen molar-refractivity contribution in [3.63, 3.8) is 0 Å². The van der Waals surface area contributed by atoms with Crippen LogP contribution in [-0.2, 0) is 14.4 Å². The van der Waals surface area contributed by atoms with Gasteiger partial charge in [0.2, 0.25) is 0 Å². The standard InChI is InChI=1S/C19H19N3O6/c1-12-4-3-5-14(8-12)21-18(25)19(26)22-20-10-13-6-7-15(16(9-13)27-2)28-11-17(23)24/h3-10H,11H2,1-2H3,(H,21,25)(H,22,26)(H,23,24)/p-1/b20-10-. The number of benzene rings is 2. The lowest BCUT2D eigenvalue weighted by Gasteiger charge is -2.11. The van der Waals surface area contributed by atoms with Crippen molar-refractivity contribution in [1.82, 2.24) is 5.43 Å². The second-order valence-electron chi connectivity index (χ2n) is 5.59. The zero-order valence-electron chi connectivity index (χ0n) is 15.2.